The number of methoxy groups -OCH3 is 2. The molecule has 2 heterocycles. The Morgan fingerprint density at radius 1 is 0.979 bits per heavy atom. The third-order valence-corrected chi connectivity index (χ3v) is 8.41. The first kappa shape index (κ1) is 35.0. The summed E-state index contributed by atoms with van der Waals surface area (Å²) in [6.45, 7) is 7.44. The van der Waals surface area contributed by atoms with Crippen molar-refractivity contribution in [3.63, 3.8) is 0 Å². The van der Waals surface area contributed by atoms with Gasteiger partial charge in [0.25, 0.3) is 5.91 Å². The van der Waals surface area contributed by atoms with Gasteiger partial charge in [0.05, 0.1) is 26.7 Å². The van der Waals surface area contributed by atoms with Crippen LogP contribution in [0.2, 0.25) is 0 Å². The summed E-state index contributed by atoms with van der Waals surface area (Å²) in [6, 6.07) is 8.60. The molecule has 47 heavy (non-hydrogen) atoms. The molecule has 2 aromatic carbocycles. The summed E-state index contributed by atoms with van der Waals surface area (Å²) >= 11 is 0. The topological polar surface area (TPSA) is 165 Å². The number of hydrogen-bond donors (Lipinski definition) is 4. The van der Waals surface area contributed by atoms with Gasteiger partial charge in [-0.05, 0) is 86.1 Å². The number of H-pyrrole nitrogens is 1. The number of hydrogen-bond acceptors (Lipinski definition) is 8. The van der Waals surface area contributed by atoms with Gasteiger partial charge in [-0.2, -0.15) is 0 Å². The molecule has 3 amide bonds. The Labute approximate surface area is 274 Å². The molecule has 0 unspecified atom stereocenters. The minimum absolute atomic E-state index is 0.0226. The van der Waals surface area contributed by atoms with Crippen LogP contribution in [0.25, 0.3) is 10.9 Å². The maximum atomic E-state index is 13.7. The molecule has 3 atom stereocenters. The van der Waals surface area contributed by atoms with E-state index in [0.717, 1.165) is 22.1 Å². The molecule has 0 saturated carbocycles. The van der Waals surface area contributed by atoms with Crippen molar-refractivity contribution in [1.82, 2.24) is 20.9 Å². The molecule has 0 spiro atoms. The van der Waals surface area contributed by atoms with Crippen molar-refractivity contribution in [2.75, 3.05) is 27.4 Å². The molecule has 252 valence electrons. The van der Waals surface area contributed by atoms with Crippen LogP contribution in [0.5, 0.6) is 11.5 Å². The molecule has 12 nitrogen and oxygen atoms in total. The summed E-state index contributed by atoms with van der Waals surface area (Å²) in [4.78, 5) is 68.7. The fourth-order valence-corrected chi connectivity index (χ4v) is 5.86. The number of ketones is 1. The van der Waals surface area contributed by atoms with Crippen LogP contribution < -0.4 is 25.4 Å². The summed E-state index contributed by atoms with van der Waals surface area (Å²) in [5.41, 5.74) is 3.43. The first-order valence-corrected chi connectivity index (χ1v) is 15.8. The van der Waals surface area contributed by atoms with Gasteiger partial charge in [0.1, 0.15) is 23.2 Å². The molecule has 1 aromatic heterocycles. The Hall–Kier alpha value is -4.87. The molecule has 12 heteroatoms. The summed E-state index contributed by atoms with van der Waals surface area (Å²) < 4.78 is 16.0. The number of aromatic amines is 1. The number of esters is 1. The Bertz CT molecular complexity index is 1620. The number of fused-ring (bicyclic) bond motifs is 1. The Morgan fingerprint density at radius 3 is 2.32 bits per heavy atom. The Morgan fingerprint density at radius 2 is 1.70 bits per heavy atom. The van der Waals surface area contributed by atoms with Crippen molar-refractivity contribution in [1.29, 1.82) is 0 Å². The van der Waals surface area contributed by atoms with Gasteiger partial charge in [-0.15, -0.1) is 0 Å². The molecule has 1 aliphatic heterocycles. The van der Waals surface area contributed by atoms with E-state index >= 15 is 0 Å². The van der Waals surface area contributed by atoms with E-state index in [9.17, 15) is 24.0 Å². The second-order valence-corrected chi connectivity index (χ2v) is 12.4. The van der Waals surface area contributed by atoms with E-state index in [4.69, 9.17) is 14.2 Å². The average molecular weight is 649 g/mol. The summed E-state index contributed by atoms with van der Waals surface area (Å²) in [7, 11) is 3.11. The van der Waals surface area contributed by atoms with Crippen LogP contribution in [0.3, 0.4) is 0 Å². The lowest BCUT2D eigenvalue weighted by molar-refractivity contribution is -0.148. The summed E-state index contributed by atoms with van der Waals surface area (Å²) in [6.07, 6.45) is 0.791. The number of carbonyl (C=O) groups is 5. The van der Waals surface area contributed by atoms with Gasteiger partial charge in [0.2, 0.25) is 11.8 Å². The van der Waals surface area contributed by atoms with E-state index in [2.05, 4.69) is 20.9 Å². The highest BCUT2D eigenvalue weighted by atomic mass is 16.5. The second-order valence-electron chi connectivity index (χ2n) is 12.4. The fourth-order valence-electron chi connectivity index (χ4n) is 5.86. The number of nitrogens with one attached hydrogen (secondary N) is 4. The molecule has 4 N–H and O–H groups in total. The largest absolute Gasteiger partial charge is 0.497 e. The van der Waals surface area contributed by atoms with Crippen molar-refractivity contribution in [3.8, 4) is 11.5 Å². The fraction of sp³-hybridized carbons (Fsp3) is 0.457. The Kier molecular flexibility index (Phi) is 11.6. The molecule has 3 aromatic rings. The smallest absolute Gasteiger partial charge is 0.310 e. The predicted molar refractivity (Wildman–Crippen MR) is 175 cm³/mol. The van der Waals surface area contributed by atoms with Crippen LogP contribution >= 0.6 is 0 Å². The Balaban J connectivity index is 1.46. The zero-order valence-corrected chi connectivity index (χ0v) is 27.8. The molecule has 1 fully saturated rings. The minimum Gasteiger partial charge on any atom is -0.497 e. The second kappa shape index (κ2) is 15.6. The molecular weight excluding hydrogens is 604 g/mol. The van der Waals surface area contributed by atoms with Crippen LogP contribution in [-0.2, 0) is 30.3 Å². The maximum Gasteiger partial charge on any atom is 0.310 e. The first-order valence-electron chi connectivity index (χ1n) is 15.8. The zero-order valence-electron chi connectivity index (χ0n) is 27.8. The third kappa shape index (κ3) is 8.90. The molecule has 0 bridgehead atoms. The van der Waals surface area contributed by atoms with Crippen LogP contribution in [-0.4, -0.2) is 73.9 Å². The first-order chi connectivity index (χ1) is 22.4. The highest BCUT2D eigenvalue weighted by molar-refractivity contribution is 6.02. The number of aromatic nitrogens is 1. The molecular formula is C35H44N4O8. The zero-order chi connectivity index (χ0) is 34.2. The van der Waals surface area contributed by atoms with E-state index in [-0.39, 0.29) is 30.4 Å². The van der Waals surface area contributed by atoms with Crippen LogP contribution in [0.1, 0.15) is 60.3 Å². The van der Waals surface area contributed by atoms with Crippen molar-refractivity contribution in [3.05, 3.63) is 58.8 Å². The van der Waals surface area contributed by atoms with E-state index in [1.165, 1.54) is 0 Å². The standard InChI is InChI=1S/C35H44N4O8/c1-19(2)12-28(39-35(44)29-16-25-26(37-29)8-7-9-31(25)46-6)34(43)38-27(15-22-10-11-36-33(22)42)30(40)18-47-32(41)17-24-20(3)13-23(45-5)14-21(24)4/h7-9,13-14,16,19,22,27-28,37H,10-12,15,17-18H2,1-6H3,(H,36,42)(H,38,43)(H,39,44)/t22-,27-,28-/m0/s1. The van der Waals surface area contributed by atoms with Crippen molar-refractivity contribution in [2.24, 2.45) is 11.8 Å². The van der Waals surface area contributed by atoms with Gasteiger partial charge in [-0.25, -0.2) is 0 Å². The number of aryl methyl sites for hydroxylation is 2. The predicted octanol–water partition coefficient (Wildman–Crippen LogP) is 3.31. The van der Waals surface area contributed by atoms with Crippen molar-refractivity contribution >= 4 is 40.4 Å². The van der Waals surface area contributed by atoms with E-state index in [0.29, 0.717) is 36.4 Å². The number of Topliss-reactive ketones (excluding diaryl/α,β-unsaturated/α-hetero) is 1. The molecule has 1 saturated heterocycles. The SMILES string of the molecule is COc1cc(C)c(CC(=O)OCC(=O)[C@H](C[C@@H]2CCNC2=O)NC(=O)[C@H](CC(C)C)NC(=O)c2cc3c(OC)cccc3[nH]2)c(C)c1. The van der Waals surface area contributed by atoms with Gasteiger partial charge in [0, 0.05) is 23.4 Å². The van der Waals surface area contributed by atoms with Gasteiger partial charge >= 0.3 is 5.97 Å². The quantitative estimate of drug-likeness (QED) is 0.182. The number of rotatable bonds is 15. The normalized spacial score (nSPS) is 15.6. The monoisotopic (exact) mass is 648 g/mol. The van der Waals surface area contributed by atoms with Crippen LogP contribution in [0.4, 0.5) is 0 Å². The highest BCUT2D eigenvalue weighted by Gasteiger charge is 2.34. The maximum absolute atomic E-state index is 13.7. The third-order valence-electron chi connectivity index (χ3n) is 8.41. The number of ether oxygens (including phenoxy) is 3. The molecule has 0 radical (unpaired) electrons. The molecule has 4 rings (SSSR count). The molecule has 0 aliphatic carbocycles. The summed E-state index contributed by atoms with van der Waals surface area (Å²) in [5.74, 6) is -1.63. The lowest BCUT2D eigenvalue weighted by Gasteiger charge is -2.25. The van der Waals surface area contributed by atoms with Crippen LogP contribution in [0.15, 0.2) is 36.4 Å². The minimum atomic E-state index is -1.11. The van der Waals surface area contributed by atoms with Crippen molar-refractivity contribution < 1.29 is 38.2 Å². The summed E-state index contributed by atoms with van der Waals surface area (Å²) in [5, 5.41) is 9.02. The van der Waals surface area contributed by atoms with E-state index < -0.39 is 48.2 Å². The van der Waals surface area contributed by atoms with Gasteiger partial charge in [-0.3, -0.25) is 24.0 Å². The average Bonchev–Trinajstić information content (AvgIpc) is 3.66. The van der Waals surface area contributed by atoms with E-state index in [1.54, 1.807) is 32.4 Å². The number of carbonyl (C=O) groups excluding carboxylic acids is 5. The van der Waals surface area contributed by atoms with Crippen molar-refractivity contribution in [2.45, 2.75) is 65.5 Å². The lowest BCUT2D eigenvalue weighted by atomic mass is 9.95. The van der Waals surface area contributed by atoms with Gasteiger partial charge < -0.3 is 35.1 Å². The number of benzene rings is 2. The van der Waals surface area contributed by atoms with Crippen LogP contribution in [0, 0.1) is 25.7 Å². The van der Waals surface area contributed by atoms with Gasteiger partial charge in [-0.1, -0.05) is 19.9 Å². The lowest BCUT2D eigenvalue weighted by Crippen LogP contribution is -2.53. The van der Waals surface area contributed by atoms with E-state index in [1.807, 2.05) is 45.9 Å². The number of amides is 3. The molecule has 1 aliphatic rings. The highest BCUT2D eigenvalue weighted by Crippen LogP contribution is 2.26. The van der Waals surface area contributed by atoms with Gasteiger partial charge in [0.15, 0.2) is 12.4 Å².